The fraction of sp³-hybridized carbons (Fsp3) is 0.214. The summed E-state index contributed by atoms with van der Waals surface area (Å²) >= 11 is 11.8. The SMILES string of the molecule is O=C(c1ccc[nH]1)N(CCO)Cc1ccc(Cl)c(Cl)c1. The minimum atomic E-state index is -0.171. The molecule has 106 valence electrons. The molecule has 0 fully saturated rings. The number of benzene rings is 1. The van der Waals surface area contributed by atoms with Gasteiger partial charge in [0.15, 0.2) is 0 Å². The molecule has 0 unspecified atom stereocenters. The highest BCUT2D eigenvalue weighted by molar-refractivity contribution is 6.42. The predicted octanol–water partition coefficient (Wildman–Crippen LogP) is 2.96. The summed E-state index contributed by atoms with van der Waals surface area (Å²) in [5.74, 6) is -0.171. The third-order valence-electron chi connectivity index (χ3n) is 2.84. The lowest BCUT2D eigenvalue weighted by molar-refractivity contribution is 0.0702. The van der Waals surface area contributed by atoms with E-state index in [-0.39, 0.29) is 19.1 Å². The molecule has 2 aromatic rings. The Hall–Kier alpha value is -1.49. The number of carbonyl (C=O) groups excluding carboxylic acids is 1. The molecule has 0 aliphatic rings. The molecular weight excluding hydrogens is 299 g/mol. The number of H-pyrrole nitrogens is 1. The van der Waals surface area contributed by atoms with E-state index >= 15 is 0 Å². The number of nitrogens with zero attached hydrogens (tertiary/aromatic N) is 1. The average Bonchev–Trinajstić information content (AvgIpc) is 2.95. The van der Waals surface area contributed by atoms with Gasteiger partial charge in [-0.1, -0.05) is 29.3 Å². The second kappa shape index (κ2) is 6.79. The van der Waals surface area contributed by atoms with Crippen LogP contribution in [0.3, 0.4) is 0 Å². The number of hydrogen-bond donors (Lipinski definition) is 2. The lowest BCUT2D eigenvalue weighted by atomic mass is 10.2. The first-order valence-corrected chi connectivity index (χ1v) is 6.85. The van der Waals surface area contributed by atoms with Crippen molar-refractivity contribution < 1.29 is 9.90 Å². The number of aromatic amines is 1. The monoisotopic (exact) mass is 312 g/mol. The van der Waals surface area contributed by atoms with E-state index in [0.717, 1.165) is 5.56 Å². The average molecular weight is 313 g/mol. The van der Waals surface area contributed by atoms with Gasteiger partial charge in [-0.25, -0.2) is 0 Å². The van der Waals surface area contributed by atoms with Crippen LogP contribution in [-0.4, -0.2) is 34.0 Å². The molecule has 1 aromatic heterocycles. The molecule has 20 heavy (non-hydrogen) atoms. The first kappa shape index (κ1) is 14.9. The van der Waals surface area contributed by atoms with Gasteiger partial charge in [0, 0.05) is 19.3 Å². The fourth-order valence-corrected chi connectivity index (χ4v) is 2.19. The molecule has 4 nitrogen and oxygen atoms in total. The number of hydrogen-bond acceptors (Lipinski definition) is 2. The molecule has 1 heterocycles. The quantitative estimate of drug-likeness (QED) is 0.891. The summed E-state index contributed by atoms with van der Waals surface area (Å²) in [5, 5.41) is 10.0. The van der Waals surface area contributed by atoms with Crippen molar-refractivity contribution in [3.05, 3.63) is 57.8 Å². The lowest BCUT2D eigenvalue weighted by Crippen LogP contribution is -2.33. The van der Waals surface area contributed by atoms with E-state index in [4.69, 9.17) is 28.3 Å². The van der Waals surface area contributed by atoms with Gasteiger partial charge in [0.2, 0.25) is 0 Å². The van der Waals surface area contributed by atoms with Crippen molar-refractivity contribution in [2.45, 2.75) is 6.54 Å². The Morgan fingerprint density at radius 3 is 2.65 bits per heavy atom. The largest absolute Gasteiger partial charge is 0.395 e. The van der Waals surface area contributed by atoms with Gasteiger partial charge < -0.3 is 15.0 Å². The van der Waals surface area contributed by atoms with Crippen LogP contribution in [0.2, 0.25) is 10.0 Å². The van der Waals surface area contributed by atoms with E-state index in [9.17, 15) is 4.79 Å². The molecule has 0 spiro atoms. The third-order valence-corrected chi connectivity index (χ3v) is 3.58. The molecule has 0 atom stereocenters. The number of carbonyl (C=O) groups is 1. The Bertz CT molecular complexity index is 585. The summed E-state index contributed by atoms with van der Waals surface area (Å²) in [4.78, 5) is 16.7. The highest BCUT2D eigenvalue weighted by Gasteiger charge is 2.16. The molecule has 0 aliphatic heterocycles. The molecule has 2 rings (SSSR count). The van der Waals surface area contributed by atoms with E-state index in [1.807, 2.05) is 0 Å². The van der Waals surface area contributed by atoms with E-state index in [2.05, 4.69) is 4.98 Å². The van der Waals surface area contributed by atoms with Crippen LogP contribution in [0.15, 0.2) is 36.5 Å². The van der Waals surface area contributed by atoms with Gasteiger partial charge in [0.05, 0.1) is 16.7 Å². The number of nitrogens with one attached hydrogen (secondary N) is 1. The zero-order chi connectivity index (χ0) is 14.5. The third kappa shape index (κ3) is 3.54. The van der Waals surface area contributed by atoms with Crippen molar-refractivity contribution in [2.24, 2.45) is 0 Å². The zero-order valence-corrected chi connectivity index (χ0v) is 12.2. The Kier molecular flexibility index (Phi) is 5.06. The van der Waals surface area contributed by atoms with Gasteiger partial charge in [0.25, 0.3) is 5.91 Å². The molecule has 0 radical (unpaired) electrons. The van der Waals surface area contributed by atoms with Crippen LogP contribution in [0.25, 0.3) is 0 Å². The second-order valence-electron chi connectivity index (χ2n) is 4.28. The Labute approximate surface area is 126 Å². The molecule has 0 aliphatic carbocycles. The van der Waals surface area contributed by atoms with Crippen LogP contribution >= 0.6 is 23.2 Å². The predicted molar refractivity (Wildman–Crippen MR) is 79.1 cm³/mol. The van der Waals surface area contributed by atoms with Gasteiger partial charge in [-0.05, 0) is 29.8 Å². The first-order valence-electron chi connectivity index (χ1n) is 6.09. The van der Waals surface area contributed by atoms with Crippen molar-refractivity contribution in [1.29, 1.82) is 0 Å². The number of aliphatic hydroxyl groups is 1. The minimum Gasteiger partial charge on any atom is -0.395 e. The summed E-state index contributed by atoms with van der Waals surface area (Å²) in [6.45, 7) is 0.501. The summed E-state index contributed by atoms with van der Waals surface area (Å²) in [6.07, 6.45) is 1.68. The van der Waals surface area contributed by atoms with Crippen LogP contribution in [0, 0.1) is 0 Å². The van der Waals surface area contributed by atoms with Gasteiger partial charge in [-0.2, -0.15) is 0 Å². The number of amides is 1. The number of rotatable bonds is 5. The molecule has 6 heteroatoms. The normalized spacial score (nSPS) is 10.6. The van der Waals surface area contributed by atoms with E-state index in [1.165, 1.54) is 0 Å². The van der Waals surface area contributed by atoms with Crippen LogP contribution in [-0.2, 0) is 6.54 Å². The highest BCUT2D eigenvalue weighted by atomic mass is 35.5. The van der Waals surface area contributed by atoms with Crippen LogP contribution in [0.5, 0.6) is 0 Å². The standard InChI is InChI=1S/C14H14Cl2N2O2/c15-11-4-3-10(8-12(11)16)9-18(6-7-19)14(20)13-2-1-5-17-13/h1-5,8,17,19H,6-7,9H2. The van der Waals surface area contributed by atoms with Crippen LogP contribution < -0.4 is 0 Å². The zero-order valence-electron chi connectivity index (χ0n) is 10.6. The Morgan fingerprint density at radius 2 is 2.05 bits per heavy atom. The smallest absolute Gasteiger partial charge is 0.270 e. The number of aliphatic hydroxyl groups excluding tert-OH is 1. The molecule has 1 aromatic carbocycles. The van der Waals surface area contributed by atoms with E-state index < -0.39 is 0 Å². The first-order chi connectivity index (χ1) is 9.61. The maximum Gasteiger partial charge on any atom is 0.270 e. The molecule has 2 N–H and O–H groups in total. The minimum absolute atomic E-state index is 0.103. The Balaban J connectivity index is 2.16. The number of halogens is 2. The fourth-order valence-electron chi connectivity index (χ4n) is 1.87. The van der Waals surface area contributed by atoms with E-state index in [0.29, 0.717) is 22.3 Å². The van der Waals surface area contributed by atoms with Crippen molar-refractivity contribution in [1.82, 2.24) is 9.88 Å². The summed E-state index contributed by atoms with van der Waals surface area (Å²) in [7, 11) is 0. The lowest BCUT2D eigenvalue weighted by Gasteiger charge is -2.21. The van der Waals surface area contributed by atoms with Crippen molar-refractivity contribution >= 4 is 29.1 Å². The van der Waals surface area contributed by atoms with E-state index in [1.54, 1.807) is 41.4 Å². The summed E-state index contributed by atoms with van der Waals surface area (Å²) < 4.78 is 0. The molecule has 0 saturated carbocycles. The Morgan fingerprint density at radius 1 is 1.25 bits per heavy atom. The van der Waals surface area contributed by atoms with Crippen molar-refractivity contribution in [2.75, 3.05) is 13.2 Å². The van der Waals surface area contributed by atoms with Crippen LogP contribution in [0.1, 0.15) is 16.1 Å². The topological polar surface area (TPSA) is 56.3 Å². The van der Waals surface area contributed by atoms with Crippen molar-refractivity contribution in [3.8, 4) is 0 Å². The molecule has 1 amide bonds. The molecule has 0 saturated heterocycles. The second-order valence-corrected chi connectivity index (χ2v) is 5.10. The summed E-state index contributed by atoms with van der Waals surface area (Å²) in [6, 6.07) is 8.66. The van der Waals surface area contributed by atoms with Crippen molar-refractivity contribution in [3.63, 3.8) is 0 Å². The van der Waals surface area contributed by atoms with Crippen LogP contribution in [0.4, 0.5) is 0 Å². The molecule has 0 bridgehead atoms. The van der Waals surface area contributed by atoms with Gasteiger partial charge >= 0.3 is 0 Å². The maximum atomic E-state index is 12.3. The van der Waals surface area contributed by atoms with Gasteiger partial charge in [-0.3, -0.25) is 4.79 Å². The maximum absolute atomic E-state index is 12.3. The summed E-state index contributed by atoms with van der Waals surface area (Å²) in [5.41, 5.74) is 1.34. The van der Waals surface area contributed by atoms with Gasteiger partial charge in [0.1, 0.15) is 5.69 Å². The highest BCUT2D eigenvalue weighted by Crippen LogP contribution is 2.23. The van der Waals surface area contributed by atoms with Gasteiger partial charge in [-0.15, -0.1) is 0 Å². The number of aromatic nitrogens is 1. The molecular formula is C14H14Cl2N2O2.